The normalized spacial score (nSPS) is 16.7. The average molecular weight is 319 g/mol. The van der Waals surface area contributed by atoms with Gasteiger partial charge in [-0.1, -0.05) is 6.07 Å². The highest BCUT2D eigenvalue weighted by atomic mass is 16.5. The molecule has 0 radical (unpaired) electrons. The van der Waals surface area contributed by atoms with Crippen LogP contribution in [0.2, 0.25) is 0 Å². The van der Waals surface area contributed by atoms with Crippen molar-refractivity contribution < 1.29 is 14.3 Å². The zero-order valence-electron chi connectivity index (χ0n) is 14.3. The Morgan fingerprint density at radius 3 is 2.57 bits per heavy atom. The van der Waals surface area contributed by atoms with Gasteiger partial charge in [0.1, 0.15) is 5.75 Å². The van der Waals surface area contributed by atoms with E-state index in [-0.39, 0.29) is 11.8 Å². The Bertz CT molecular complexity index is 613. The maximum absolute atomic E-state index is 12.8. The van der Waals surface area contributed by atoms with Gasteiger partial charge in [0.15, 0.2) is 0 Å². The van der Waals surface area contributed by atoms with Crippen molar-refractivity contribution in [1.82, 2.24) is 9.80 Å². The van der Waals surface area contributed by atoms with E-state index in [1.807, 2.05) is 31.9 Å². The Hall–Kier alpha value is -1.92. The number of carbonyl (C=O) groups is 2. The summed E-state index contributed by atoms with van der Waals surface area (Å²) in [5.41, 5.74) is 6.08. The fraction of sp³-hybridized carbons (Fsp3) is 0.529. The van der Waals surface area contributed by atoms with Crippen molar-refractivity contribution in [2.45, 2.75) is 19.3 Å². The summed E-state index contributed by atoms with van der Waals surface area (Å²) in [6.45, 7) is 5.93. The second kappa shape index (κ2) is 6.68. The number of methoxy groups -OCH3 is 1. The Labute approximate surface area is 137 Å². The molecule has 2 N–H and O–H groups in total. The van der Waals surface area contributed by atoms with Gasteiger partial charge in [0.2, 0.25) is 5.91 Å². The number of benzene rings is 1. The van der Waals surface area contributed by atoms with E-state index in [1.54, 1.807) is 19.2 Å². The second-order valence-corrected chi connectivity index (χ2v) is 6.39. The molecular formula is C17H25N3O3. The van der Waals surface area contributed by atoms with Crippen molar-refractivity contribution in [2.24, 2.45) is 5.73 Å². The number of hydrogen-bond donors (Lipinski definition) is 1. The van der Waals surface area contributed by atoms with E-state index in [2.05, 4.69) is 0 Å². The van der Waals surface area contributed by atoms with Gasteiger partial charge < -0.3 is 15.4 Å². The van der Waals surface area contributed by atoms with E-state index in [4.69, 9.17) is 10.5 Å². The number of rotatable bonds is 6. The Balaban J connectivity index is 2.32. The predicted octanol–water partition coefficient (Wildman–Crippen LogP) is 0.846. The highest BCUT2D eigenvalue weighted by Gasteiger charge is 2.44. The number of ether oxygens (including phenoxy) is 1. The Morgan fingerprint density at radius 1 is 1.26 bits per heavy atom. The standard InChI is InChI=1S/C17H25N3O3/c1-17(2)14-6-5-12(23-4)11-13(14)15(21)20(16(17)22)10-9-19(3)8-7-18/h5-6,11H,7-10,18H2,1-4H3. The van der Waals surface area contributed by atoms with Crippen LogP contribution in [0.25, 0.3) is 0 Å². The van der Waals surface area contributed by atoms with Crippen molar-refractivity contribution >= 4 is 11.8 Å². The first kappa shape index (κ1) is 17.4. The molecule has 0 aromatic heterocycles. The molecule has 0 fully saturated rings. The number of likely N-dealkylation sites (N-methyl/N-ethyl adjacent to an activating group) is 1. The smallest absolute Gasteiger partial charge is 0.260 e. The van der Waals surface area contributed by atoms with Gasteiger partial charge in [-0.25, -0.2) is 0 Å². The lowest BCUT2D eigenvalue weighted by Gasteiger charge is -2.38. The number of fused-ring (bicyclic) bond motifs is 1. The van der Waals surface area contributed by atoms with Crippen LogP contribution in [-0.4, -0.2) is 62.0 Å². The number of nitrogens with two attached hydrogens (primary N) is 1. The lowest BCUT2D eigenvalue weighted by molar-refractivity contribution is -0.134. The molecule has 6 heteroatoms. The minimum Gasteiger partial charge on any atom is -0.497 e. The molecule has 6 nitrogen and oxygen atoms in total. The summed E-state index contributed by atoms with van der Waals surface area (Å²) < 4.78 is 5.21. The van der Waals surface area contributed by atoms with Gasteiger partial charge in [-0.15, -0.1) is 0 Å². The fourth-order valence-electron chi connectivity index (χ4n) is 2.87. The maximum Gasteiger partial charge on any atom is 0.260 e. The van der Waals surface area contributed by atoms with Crippen LogP contribution in [0.15, 0.2) is 18.2 Å². The molecule has 0 saturated carbocycles. The zero-order valence-corrected chi connectivity index (χ0v) is 14.3. The molecule has 0 unspecified atom stereocenters. The lowest BCUT2D eigenvalue weighted by Crippen LogP contribution is -2.53. The van der Waals surface area contributed by atoms with Gasteiger partial charge in [0.25, 0.3) is 5.91 Å². The number of amides is 2. The molecule has 0 bridgehead atoms. The summed E-state index contributed by atoms with van der Waals surface area (Å²) in [6.07, 6.45) is 0. The third-order valence-corrected chi connectivity index (χ3v) is 4.37. The molecule has 0 spiro atoms. The Kier molecular flexibility index (Phi) is 5.06. The van der Waals surface area contributed by atoms with Crippen LogP contribution in [-0.2, 0) is 10.2 Å². The zero-order chi connectivity index (χ0) is 17.2. The van der Waals surface area contributed by atoms with Crippen molar-refractivity contribution in [3.63, 3.8) is 0 Å². The van der Waals surface area contributed by atoms with E-state index in [1.165, 1.54) is 4.90 Å². The molecule has 1 aliphatic rings. The molecule has 126 valence electrons. The van der Waals surface area contributed by atoms with E-state index in [0.29, 0.717) is 30.9 Å². The first-order valence-corrected chi connectivity index (χ1v) is 7.76. The van der Waals surface area contributed by atoms with Gasteiger partial charge in [0.05, 0.1) is 12.5 Å². The first-order chi connectivity index (χ1) is 10.8. The SMILES string of the molecule is COc1ccc2c(c1)C(=O)N(CCN(C)CCN)C(=O)C2(C)C. The first-order valence-electron chi connectivity index (χ1n) is 7.76. The van der Waals surface area contributed by atoms with Crippen molar-refractivity contribution in [2.75, 3.05) is 40.3 Å². The molecule has 0 atom stereocenters. The summed E-state index contributed by atoms with van der Waals surface area (Å²) in [6, 6.07) is 5.30. The van der Waals surface area contributed by atoms with Crippen LogP contribution >= 0.6 is 0 Å². The third kappa shape index (κ3) is 3.23. The van der Waals surface area contributed by atoms with Crippen molar-refractivity contribution in [1.29, 1.82) is 0 Å². The van der Waals surface area contributed by atoms with E-state index in [9.17, 15) is 9.59 Å². The van der Waals surface area contributed by atoms with E-state index in [0.717, 1.165) is 12.1 Å². The van der Waals surface area contributed by atoms with Crippen LogP contribution in [0, 0.1) is 0 Å². The predicted molar refractivity (Wildman–Crippen MR) is 88.6 cm³/mol. The molecule has 1 aromatic carbocycles. The number of carbonyl (C=O) groups excluding carboxylic acids is 2. The number of nitrogens with zero attached hydrogens (tertiary/aromatic N) is 2. The minimum atomic E-state index is -0.734. The van der Waals surface area contributed by atoms with Crippen molar-refractivity contribution in [3.05, 3.63) is 29.3 Å². The summed E-state index contributed by atoms with van der Waals surface area (Å²) in [5, 5.41) is 0. The molecule has 1 aliphatic heterocycles. The second-order valence-electron chi connectivity index (χ2n) is 6.39. The Morgan fingerprint density at radius 2 is 1.96 bits per heavy atom. The van der Waals surface area contributed by atoms with Crippen LogP contribution in [0.4, 0.5) is 0 Å². The van der Waals surface area contributed by atoms with Gasteiger partial charge >= 0.3 is 0 Å². The maximum atomic E-state index is 12.8. The minimum absolute atomic E-state index is 0.165. The lowest BCUT2D eigenvalue weighted by atomic mass is 9.77. The molecular weight excluding hydrogens is 294 g/mol. The molecule has 0 aliphatic carbocycles. The highest BCUT2D eigenvalue weighted by molar-refractivity contribution is 6.13. The molecule has 1 aromatic rings. The molecule has 23 heavy (non-hydrogen) atoms. The average Bonchev–Trinajstić information content (AvgIpc) is 2.53. The highest BCUT2D eigenvalue weighted by Crippen LogP contribution is 2.36. The molecule has 2 amide bonds. The number of imide groups is 1. The van der Waals surface area contributed by atoms with Gasteiger partial charge in [-0.3, -0.25) is 14.5 Å². The summed E-state index contributed by atoms with van der Waals surface area (Å²) in [7, 11) is 3.48. The van der Waals surface area contributed by atoms with Crippen molar-refractivity contribution in [3.8, 4) is 5.75 Å². The molecule has 2 rings (SSSR count). The van der Waals surface area contributed by atoms with Crippen LogP contribution in [0.3, 0.4) is 0 Å². The molecule has 0 saturated heterocycles. The summed E-state index contributed by atoms with van der Waals surface area (Å²) >= 11 is 0. The van der Waals surface area contributed by atoms with E-state index < -0.39 is 5.41 Å². The third-order valence-electron chi connectivity index (χ3n) is 4.37. The van der Waals surface area contributed by atoms with Crippen LogP contribution in [0.1, 0.15) is 29.8 Å². The van der Waals surface area contributed by atoms with Gasteiger partial charge in [-0.05, 0) is 38.6 Å². The topological polar surface area (TPSA) is 75.9 Å². The summed E-state index contributed by atoms with van der Waals surface area (Å²) in [5.74, 6) is 0.188. The monoisotopic (exact) mass is 319 g/mol. The summed E-state index contributed by atoms with van der Waals surface area (Å²) in [4.78, 5) is 28.9. The van der Waals surface area contributed by atoms with Gasteiger partial charge in [0, 0.05) is 31.7 Å². The van der Waals surface area contributed by atoms with E-state index >= 15 is 0 Å². The largest absolute Gasteiger partial charge is 0.497 e. The number of hydrogen-bond acceptors (Lipinski definition) is 5. The molecule has 1 heterocycles. The van der Waals surface area contributed by atoms with Crippen LogP contribution in [0.5, 0.6) is 5.75 Å². The van der Waals surface area contributed by atoms with Crippen LogP contribution < -0.4 is 10.5 Å². The quantitative estimate of drug-likeness (QED) is 0.787. The van der Waals surface area contributed by atoms with Gasteiger partial charge in [-0.2, -0.15) is 0 Å². The fourth-order valence-corrected chi connectivity index (χ4v) is 2.87.